The number of carboxylic acids is 1. The van der Waals surface area contributed by atoms with Gasteiger partial charge in [0.05, 0.1) is 60.1 Å². The van der Waals surface area contributed by atoms with Crippen LogP contribution >= 0.6 is 34.0 Å². The lowest BCUT2D eigenvalue weighted by molar-refractivity contribution is -0.143. The Morgan fingerprint density at radius 1 is 0.446 bits per heavy atom. The van der Waals surface area contributed by atoms with Crippen LogP contribution in [0.1, 0.15) is 95.4 Å². The molecule has 0 bridgehead atoms. The Bertz CT molecular complexity index is 3820. The van der Waals surface area contributed by atoms with E-state index in [2.05, 4.69) is 30.9 Å². The molecule has 9 aromatic rings. The first kappa shape index (κ1) is 72.6. The van der Waals surface area contributed by atoms with Gasteiger partial charge in [-0.25, -0.2) is 15.0 Å². The molecule has 18 nitrogen and oxygen atoms in total. The second-order valence-corrected chi connectivity index (χ2v) is 21.7. The van der Waals surface area contributed by atoms with Crippen LogP contribution in [0, 0.1) is 13.8 Å². The Kier molecular flexibility index (Phi) is 28.3. The molecule has 0 fully saturated rings. The van der Waals surface area contributed by atoms with Crippen molar-refractivity contribution in [1.82, 2.24) is 15.0 Å². The van der Waals surface area contributed by atoms with Crippen LogP contribution in [0.25, 0.3) is 0 Å². The number of nitrogens with zero attached hydrogens (tertiary/aromatic N) is 3. The third-order valence-electron chi connectivity index (χ3n) is 12.0. The standard InChI is InChI=1S/C21H17F3N2O2S.C14H14N2O3S.C12H10N2O3S.C10H13NO2.C8H8F3N/c1-13-6-15(8-16(7-13)21(22,23)24)10-18(27)9-14-2-4-17(5-3-14)26-20(28)19-11-29-12-25-19;1-2-19-13(17)7-10-3-5-11(6-4-10)16-14(18)12-8-20-9-15-12;15-11(16)5-8-1-3-9(4-2-8)14-12(17)10-6-18-7-13-10;1-2-13-10(12)7-8-3-5-9(11)6-4-8;1-5-2-6(8(9,10)11)4-7(12)3-5/h2-8,11-12H,9-10H2,1H3,(H,26,28);3-6,8-9H,2,7H2,1H3,(H,16,18);1-4,6-7H,5H2,(H,14,17)(H,15,16);3-6H,2,7,11H2,1H3;2-4H,12H2,1H3. The van der Waals surface area contributed by atoms with Crippen molar-refractivity contribution in [2.75, 3.05) is 40.6 Å². The molecule has 0 aliphatic rings. The van der Waals surface area contributed by atoms with Crippen LogP contribution < -0.4 is 27.4 Å². The number of carbonyl (C=O) groups is 7. The molecule has 27 heteroatoms. The molecule has 0 unspecified atom stereocenters. The molecule has 0 saturated heterocycles. The third-order valence-corrected chi connectivity index (χ3v) is 13.7. The first-order chi connectivity index (χ1) is 43.6. The molecule has 0 aliphatic heterocycles. The van der Waals surface area contributed by atoms with Gasteiger partial charge in [-0.1, -0.05) is 60.2 Å². The van der Waals surface area contributed by atoms with Crippen LogP contribution in [0.5, 0.6) is 0 Å². The maximum absolute atomic E-state index is 12.9. The molecule has 0 radical (unpaired) electrons. The number of benzene rings is 6. The summed E-state index contributed by atoms with van der Waals surface area (Å²) in [4.78, 5) is 92.4. The van der Waals surface area contributed by atoms with Crippen molar-refractivity contribution in [1.29, 1.82) is 0 Å². The predicted molar refractivity (Wildman–Crippen MR) is 342 cm³/mol. The monoisotopic (exact) mass is 1320 g/mol. The van der Waals surface area contributed by atoms with Crippen molar-refractivity contribution >= 4 is 104 Å². The van der Waals surface area contributed by atoms with Gasteiger partial charge in [0.25, 0.3) is 17.7 Å². The number of nitrogens with two attached hydrogens (primary N) is 2. The molecular weight excluding hydrogens is 1260 g/mol. The minimum atomic E-state index is -4.44. The van der Waals surface area contributed by atoms with Gasteiger partial charge in [0.1, 0.15) is 22.9 Å². The smallest absolute Gasteiger partial charge is 0.416 e. The van der Waals surface area contributed by atoms with Gasteiger partial charge in [0, 0.05) is 57.4 Å². The Hall–Kier alpha value is -10.1. The Balaban J connectivity index is 0.000000217. The minimum Gasteiger partial charge on any atom is -0.481 e. The first-order valence-electron chi connectivity index (χ1n) is 27.5. The lowest BCUT2D eigenvalue weighted by Gasteiger charge is -2.10. The van der Waals surface area contributed by atoms with Crippen LogP contribution in [0.2, 0.25) is 0 Å². The molecule has 9 rings (SSSR count). The van der Waals surface area contributed by atoms with E-state index < -0.39 is 29.4 Å². The number of esters is 2. The molecule has 0 aliphatic carbocycles. The normalized spacial score (nSPS) is 10.6. The maximum Gasteiger partial charge on any atom is 0.416 e. The number of thiazole rings is 3. The summed E-state index contributed by atoms with van der Waals surface area (Å²) < 4.78 is 84.8. The fourth-order valence-electron chi connectivity index (χ4n) is 7.87. The second kappa shape index (κ2) is 35.9. The predicted octanol–water partition coefficient (Wildman–Crippen LogP) is 13.6. The van der Waals surface area contributed by atoms with Gasteiger partial charge >= 0.3 is 30.3 Å². The van der Waals surface area contributed by atoms with Gasteiger partial charge in [0.2, 0.25) is 0 Å². The average molecular weight is 1330 g/mol. The zero-order valence-corrected chi connectivity index (χ0v) is 52.2. The molecule has 0 spiro atoms. The number of anilines is 5. The number of aromatic nitrogens is 3. The summed E-state index contributed by atoms with van der Waals surface area (Å²) in [6.45, 7) is 7.51. The SMILES string of the molecule is CCOC(=O)Cc1ccc(N)cc1.CCOC(=O)Cc1ccc(NC(=O)c2cscn2)cc1.Cc1cc(CC(=O)Cc2ccc(NC(=O)c3cscn3)cc2)cc(C(F)(F)F)c1.Cc1cc(N)cc(C(F)(F)F)c1.O=C(O)Cc1ccc(NC(=O)c2cscn2)cc1. The Morgan fingerprint density at radius 3 is 1.12 bits per heavy atom. The van der Waals surface area contributed by atoms with E-state index in [1.807, 2.05) is 12.1 Å². The molecule has 0 saturated carbocycles. The second-order valence-electron chi connectivity index (χ2n) is 19.6. The highest BCUT2D eigenvalue weighted by Crippen LogP contribution is 2.32. The lowest BCUT2D eigenvalue weighted by Crippen LogP contribution is -2.12. The number of ether oxygens (including phenoxy) is 2. The highest BCUT2D eigenvalue weighted by atomic mass is 32.1. The fourth-order valence-corrected chi connectivity index (χ4v) is 9.46. The molecule has 3 amide bonds. The molecule has 92 heavy (non-hydrogen) atoms. The van der Waals surface area contributed by atoms with Gasteiger partial charge < -0.3 is 42.0 Å². The van der Waals surface area contributed by atoms with Crippen molar-refractivity contribution < 1.29 is 74.5 Å². The summed E-state index contributed by atoms with van der Waals surface area (Å²) in [6, 6.07) is 34.8. The highest BCUT2D eigenvalue weighted by Gasteiger charge is 2.32. The molecular formula is C65H62F6N8O10S3. The van der Waals surface area contributed by atoms with Crippen LogP contribution in [0.15, 0.2) is 166 Å². The van der Waals surface area contributed by atoms with Crippen molar-refractivity contribution in [2.24, 2.45) is 0 Å². The average Bonchev–Trinajstić information content (AvgIpc) is 1.25. The zero-order valence-electron chi connectivity index (χ0n) is 49.7. The topological polar surface area (TPSA) is 285 Å². The van der Waals surface area contributed by atoms with E-state index in [0.29, 0.717) is 87.3 Å². The van der Waals surface area contributed by atoms with Crippen LogP contribution in [0.3, 0.4) is 0 Å². The number of nitrogens with one attached hydrogen (secondary N) is 3. The lowest BCUT2D eigenvalue weighted by atomic mass is 9.99. The van der Waals surface area contributed by atoms with E-state index in [9.17, 15) is 59.9 Å². The molecule has 3 heterocycles. The number of alkyl halides is 6. The molecule has 3 aromatic heterocycles. The number of amides is 3. The van der Waals surface area contributed by atoms with Crippen LogP contribution in [0.4, 0.5) is 54.8 Å². The number of rotatable bonds is 18. The van der Waals surface area contributed by atoms with E-state index >= 15 is 0 Å². The Labute approximate surface area is 536 Å². The first-order valence-corrected chi connectivity index (χ1v) is 30.4. The number of hydrogen-bond donors (Lipinski definition) is 6. The fraction of sp³-hybridized carbons (Fsp3) is 0.200. The van der Waals surface area contributed by atoms with Crippen LogP contribution in [-0.4, -0.2) is 74.7 Å². The van der Waals surface area contributed by atoms with Crippen molar-refractivity contribution in [3.8, 4) is 0 Å². The van der Waals surface area contributed by atoms with Gasteiger partial charge in [-0.3, -0.25) is 33.6 Å². The molecule has 8 N–H and O–H groups in total. The number of nitrogen functional groups attached to an aromatic ring is 2. The van der Waals surface area contributed by atoms with Crippen LogP contribution in [-0.2, 0) is 73.1 Å². The maximum atomic E-state index is 12.9. The van der Waals surface area contributed by atoms with Crippen molar-refractivity contribution in [3.63, 3.8) is 0 Å². The number of carboxylic acid groups (broad SMARTS) is 1. The zero-order chi connectivity index (χ0) is 67.4. The van der Waals surface area contributed by atoms with E-state index in [0.717, 1.165) is 35.4 Å². The van der Waals surface area contributed by atoms with E-state index in [-0.39, 0.29) is 66.8 Å². The number of Topliss-reactive ketones (excluding diaryl/α,β-unsaturated/α-hetero) is 1. The van der Waals surface area contributed by atoms with Crippen molar-refractivity contribution in [2.45, 2.75) is 72.2 Å². The number of carbonyl (C=O) groups excluding carboxylic acids is 6. The van der Waals surface area contributed by atoms with E-state index in [1.54, 1.807) is 151 Å². The van der Waals surface area contributed by atoms with E-state index in [4.69, 9.17) is 26.0 Å². The van der Waals surface area contributed by atoms with Gasteiger partial charge in [0.15, 0.2) is 0 Å². The molecule has 482 valence electrons. The third kappa shape index (κ3) is 26.5. The summed E-state index contributed by atoms with van der Waals surface area (Å²) in [7, 11) is 0. The highest BCUT2D eigenvalue weighted by molar-refractivity contribution is 7.08. The number of ketones is 1. The van der Waals surface area contributed by atoms with Crippen molar-refractivity contribution in [3.05, 3.63) is 233 Å². The number of aliphatic carboxylic acids is 1. The number of aryl methyl sites for hydroxylation is 2. The summed E-state index contributed by atoms with van der Waals surface area (Å²) in [5.41, 5.74) is 22.3. The largest absolute Gasteiger partial charge is 0.481 e. The molecule has 6 aromatic carbocycles. The Morgan fingerprint density at radius 2 is 0.783 bits per heavy atom. The van der Waals surface area contributed by atoms with E-state index in [1.165, 1.54) is 40.1 Å². The summed E-state index contributed by atoms with van der Waals surface area (Å²) >= 11 is 4.04. The number of hydrogen-bond acceptors (Lipinski definition) is 17. The van der Waals surface area contributed by atoms with Gasteiger partial charge in [-0.15, -0.1) is 34.0 Å². The summed E-state index contributed by atoms with van der Waals surface area (Å²) in [6.07, 6.45) is -8.21. The van der Waals surface area contributed by atoms with Gasteiger partial charge in [-0.2, -0.15) is 26.3 Å². The quantitative estimate of drug-likeness (QED) is 0.0265. The number of halogens is 6. The molecule has 0 atom stereocenters. The minimum absolute atomic E-state index is 0.0275. The summed E-state index contributed by atoms with van der Waals surface area (Å²) in [5.74, 6) is -2.38. The summed E-state index contributed by atoms with van der Waals surface area (Å²) in [5, 5.41) is 21.7. The van der Waals surface area contributed by atoms with Gasteiger partial charge in [-0.05, 0) is 140 Å².